The molecule has 2 atom stereocenters. The van der Waals surface area contributed by atoms with E-state index in [-0.39, 0.29) is 25.2 Å². The molecule has 0 radical (unpaired) electrons. The highest BCUT2D eigenvalue weighted by Gasteiger charge is 2.59. The normalized spacial score (nSPS) is 20.1. The molecule has 1 unspecified atom stereocenters. The number of likely N-dealkylation sites (tertiary alicyclic amines) is 1. The van der Waals surface area contributed by atoms with E-state index in [2.05, 4.69) is 0 Å². The zero-order valence-corrected chi connectivity index (χ0v) is 16.0. The monoisotopic (exact) mass is 373 g/mol. The number of hydrogen-bond donors (Lipinski definition) is 0. The lowest BCUT2D eigenvalue weighted by atomic mass is 9.92. The molecule has 26 heavy (non-hydrogen) atoms. The lowest BCUT2D eigenvalue weighted by Gasteiger charge is -2.48. The predicted molar refractivity (Wildman–Crippen MR) is 101 cm³/mol. The van der Waals surface area contributed by atoms with Gasteiger partial charge in [0.2, 0.25) is 5.91 Å². The van der Waals surface area contributed by atoms with Crippen LogP contribution in [0.2, 0.25) is 0 Å². The Bertz CT molecular complexity index is 771. The average molecular weight is 373 g/mol. The summed E-state index contributed by atoms with van der Waals surface area (Å²) in [7, 11) is -3.53. The Morgan fingerprint density at radius 1 is 0.923 bits per heavy atom. The second kappa shape index (κ2) is 8.17. The van der Waals surface area contributed by atoms with E-state index in [9.17, 15) is 9.36 Å². The zero-order valence-electron chi connectivity index (χ0n) is 15.1. The number of β-lactam (4-membered cyclic amide) rings is 1. The van der Waals surface area contributed by atoms with Crippen molar-refractivity contribution in [1.29, 1.82) is 0 Å². The molecule has 1 heterocycles. The summed E-state index contributed by atoms with van der Waals surface area (Å²) in [6.07, 6.45) is 0. The van der Waals surface area contributed by atoms with Crippen molar-refractivity contribution in [3.63, 3.8) is 0 Å². The maximum atomic E-state index is 13.3. The molecule has 5 nitrogen and oxygen atoms in total. The van der Waals surface area contributed by atoms with Gasteiger partial charge in [-0.3, -0.25) is 9.36 Å². The largest absolute Gasteiger partial charge is 0.345 e. The van der Waals surface area contributed by atoms with Crippen LogP contribution in [0, 0.1) is 0 Å². The van der Waals surface area contributed by atoms with Crippen LogP contribution in [0.1, 0.15) is 31.0 Å². The first-order valence-electron chi connectivity index (χ1n) is 8.89. The van der Waals surface area contributed by atoms with Crippen LogP contribution in [0.3, 0.4) is 0 Å². The molecule has 1 aliphatic rings. The highest BCUT2D eigenvalue weighted by Crippen LogP contribution is 2.62. The first kappa shape index (κ1) is 18.8. The molecular weight excluding hydrogens is 349 g/mol. The number of benzene rings is 2. The second-order valence-electron chi connectivity index (χ2n) is 6.13. The molecule has 0 spiro atoms. The minimum absolute atomic E-state index is 0.187. The summed E-state index contributed by atoms with van der Waals surface area (Å²) in [4.78, 5) is 14.7. The Labute approximate surface area is 154 Å². The first-order chi connectivity index (χ1) is 12.6. The van der Waals surface area contributed by atoms with Crippen LogP contribution in [0.25, 0.3) is 0 Å². The molecule has 1 aliphatic heterocycles. The van der Waals surface area contributed by atoms with Gasteiger partial charge in [0.1, 0.15) is 0 Å². The summed E-state index contributed by atoms with van der Waals surface area (Å²) < 4.78 is 24.3. The minimum Gasteiger partial charge on any atom is -0.329 e. The number of amides is 1. The molecule has 138 valence electrons. The lowest BCUT2D eigenvalue weighted by Crippen LogP contribution is -2.58. The van der Waals surface area contributed by atoms with E-state index in [0.717, 1.165) is 11.1 Å². The standard InChI is InChI=1S/C20H24NO4P/c1-3-24-26(23,25-4-2)19-18(17-13-9-6-10-14-17)21(20(19)22)15-16-11-7-5-8-12-16/h5-14,18-19H,3-4,15H2,1-2H3/t18?,19-/m1/s1. The highest BCUT2D eigenvalue weighted by atomic mass is 31.2. The summed E-state index contributed by atoms with van der Waals surface area (Å²) in [5.74, 6) is -0.187. The van der Waals surface area contributed by atoms with Gasteiger partial charge in [0, 0.05) is 6.54 Å². The minimum atomic E-state index is -3.53. The van der Waals surface area contributed by atoms with Crippen molar-refractivity contribution >= 4 is 13.5 Å². The van der Waals surface area contributed by atoms with E-state index in [1.807, 2.05) is 60.7 Å². The Morgan fingerprint density at radius 2 is 1.46 bits per heavy atom. The molecule has 1 fully saturated rings. The van der Waals surface area contributed by atoms with Crippen LogP contribution in [0.4, 0.5) is 0 Å². The third kappa shape index (κ3) is 3.61. The number of rotatable bonds is 8. The summed E-state index contributed by atoms with van der Waals surface area (Å²) in [6, 6.07) is 19.1. The van der Waals surface area contributed by atoms with E-state index in [4.69, 9.17) is 9.05 Å². The molecule has 0 saturated carbocycles. The Hall–Kier alpha value is -1.94. The van der Waals surface area contributed by atoms with Gasteiger partial charge in [-0.15, -0.1) is 0 Å². The quantitative estimate of drug-likeness (QED) is 0.508. The molecule has 0 aliphatic carbocycles. The van der Waals surface area contributed by atoms with Crippen molar-refractivity contribution in [2.75, 3.05) is 13.2 Å². The third-order valence-electron chi connectivity index (χ3n) is 4.47. The maximum Gasteiger partial charge on any atom is 0.345 e. The van der Waals surface area contributed by atoms with Crippen LogP contribution in [-0.2, 0) is 25.0 Å². The van der Waals surface area contributed by atoms with Crippen LogP contribution in [0.5, 0.6) is 0 Å². The SMILES string of the molecule is CCOP(=O)(OCC)[C@H]1C(=O)N(Cc2ccccc2)C1c1ccccc1. The van der Waals surface area contributed by atoms with Crippen molar-refractivity contribution < 1.29 is 18.4 Å². The van der Waals surface area contributed by atoms with Gasteiger partial charge in [0.15, 0.2) is 5.66 Å². The van der Waals surface area contributed by atoms with Gasteiger partial charge in [-0.25, -0.2) is 0 Å². The topological polar surface area (TPSA) is 55.8 Å². The predicted octanol–water partition coefficient (Wildman–Crippen LogP) is 4.40. The highest BCUT2D eigenvalue weighted by molar-refractivity contribution is 7.56. The van der Waals surface area contributed by atoms with Gasteiger partial charge in [-0.1, -0.05) is 60.7 Å². The van der Waals surface area contributed by atoms with Gasteiger partial charge >= 0.3 is 7.60 Å². The Balaban J connectivity index is 1.94. The van der Waals surface area contributed by atoms with E-state index < -0.39 is 13.3 Å². The van der Waals surface area contributed by atoms with Crippen LogP contribution >= 0.6 is 7.60 Å². The third-order valence-corrected chi connectivity index (χ3v) is 6.89. The molecule has 0 bridgehead atoms. The van der Waals surface area contributed by atoms with Gasteiger partial charge in [-0.2, -0.15) is 0 Å². The van der Waals surface area contributed by atoms with E-state index in [1.54, 1.807) is 18.7 Å². The molecular formula is C20H24NO4P. The molecule has 0 N–H and O–H groups in total. The van der Waals surface area contributed by atoms with Gasteiger partial charge in [0.25, 0.3) is 0 Å². The number of carbonyl (C=O) groups excluding carboxylic acids is 1. The molecule has 0 aromatic heterocycles. The average Bonchev–Trinajstić information content (AvgIpc) is 2.65. The summed E-state index contributed by atoms with van der Waals surface area (Å²) in [5, 5.41) is 0. The molecule has 2 aromatic rings. The lowest BCUT2D eigenvalue weighted by molar-refractivity contribution is -0.147. The molecule has 2 aromatic carbocycles. The number of nitrogens with zero attached hydrogens (tertiary/aromatic N) is 1. The summed E-state index contributed by atoms with van der Waals surface area (Å²) >= 11 is 0. The van der Waals surface area contributed by atoms with Crippen molar-refractivity contribution in [2.24, 2.45) is 0 Å². The molecule has 6 heteroatoms. The van der Waals surface area contributed by atoms with Crippen molar-refractivity contribution in [3.05, 3.63) is 71.8 Å². The van der Waals surface area contributed by atoms with E-state index in [1.165, 1.54) is 0 Å². The number of carbonyl (C=O) groups is 1. The van der Waals surface area contributed by atoms with E-state index >= 15 is 0 Å². The van der Waals surface area contributed by atoms with Crippen molar-refractivity contribution in [2.45, 2.75) is 32.1 Å². The van der Waals surface area contributed by atoms with Gasteiger partial charge in [-0.05, 0) is 25.0 Å². The second-order valence-corrected chi connectivity index (χ2v) is 8.28. The van der Waals surface area contributed by atoms with E-state index in [0.29, 0.717) is 6.54 Å². The molecule has 1 saturated heterocycles. The summed E-state index contributed by atoms with van der Waals surface area (Å²) in [5.41, 5.74) is 1.17. The van der Waals surface area contributed by atoms with Crippen LogP contribution in [0.15, 0.2) is 60.7 Å². The Morgan fingerprint density at radius 3 is 2.00 bits per heavy atom. The first-order valence-corrected chi connectivity index (χ1v) is 10.5. The number of hydrogen-bond acceptors (Lipinski definition) is 4. The molecule has 3 rings (SSSR count). The smallest absolute Gasteiger partial charge is 0.329 e. The van der Waals surface area contributed by atoms with Crippen LogP contribution < -0.4 is 0 Å². The molecule has 1 amide bonds. The Kier molecular flexibility index (Phi) is 5.92. The van der Waals surface area contributed by atoms with Gasteiger partial charge in [0.05, 0.1) is 19.3 Å². The fourth-order valence-electron chi connectivity index (χ4n) is 3.37. The fraction of sp³-hybridized carbons (Fsp3) is 0.350. The summed E-state index contributed by atoms with van der Waals surface area (Å²) in [6.45, 7) is 4.46. The zero-order chi connectivity index (χ0) is 18.6. The van der Waals surface area contributed by atoms with Gasteiger partial charge < -0.3 is 13.9 Å². The van der Waals surface area contributed by atoms with Crippen molar-refractivity contribution in [1.82, 2.24) is 4.90 Å². The fourth-order valence-corrected chi connectivity index (χ4v) is 5.58. The van der Waals surface area contributed by atoms with Crippen LogP contribution in [-0.4, -0.2) is 29.7 Å². The van der Waals surface area contributed by atoms with Crippen molar-refractivity contribution in [3.8, 4) is 0 Å². The maximum absolute atomic E-state index is 13.3.